The Balaban J connectivity index is 3.01. The van der Waals surface area contributed by atoms with E-state index in [0.717, 1.165) is 29.9 Å². The molecule has 0 bridgehead atoms. The first kappa shape index (κ1) is 11.4. The van der Waals surface area contributed by atoms with Crippen LogP contribution in [-0.2, 0) is 12.8 Å². The van der Waals surface area contributed by atoms with Gasteiger partial charge in [-0.25, -0.2) is 9.97 Å². The zero-order chi connectivity index (χ0) is 10.7. The standard InChI is InChI=1S/C11H17ClN2/c1-5-9-8(4)13-10(6-7(2)3)14-11(9)12/h7H,5-6H2,1-4H3. The Hall–Kier alpha value is -0.630. The summed E-state index contributed by atoms with van der Waals surface area (Å²) in [4.78, 5) is 8.75. The van der Waals surface area contributed by atoms with E-state index in [-0.39, 0.29) is 0 Å². The van der Waals surface area contributed by atoms with Crippen molar-refractivity contribution in [2.75, 3.05) is 0 Å². The largest absolute Gasteiger partial charge is 0.238 e. The summed E-state index contributed by atoms with van der Waals surface area (Å²) >= 11 is 6.07. The number of halogens is 1. The van der Waals surface area contributed by atoms with Gasteiger partial charge in [-0.05, 0) is 19.3 Å². The van der Waals surface area contributed by atoms with E-state index in [4.69, 9.17) is 11.6 Å². The minimum absolute atomic E-state index is 0.568. The van der Waals surface area contributed by atoms with Crippen LogP contribution in [0.3, 0.4) is 0 Å². The number of hydrogen-bond donors (Lipinski definition) is 0. The Morgan fingerprint density at radius 3 is 2.36 bits per heavy atom. The molecule has 0 aliphatic carbocycles. The summed E-state index contributed by atoms with van der Waals surface area (Å²) in [5.74, 6) is 1.43. The average molecular weight is 213 g/mol. The van der Waals surface area contributed by atoms with Gasteiger partial charge in [0.1, 0.15) is 11.0 Å². The second kappa shape index (κ2) is 4.74. The third kappa shape index (κ3) is 2.68. The van der Waals surface area contributed by atoms with Crippen LogP contribution >= 0.6 is 11.6 Å². The molecule has 1 aromatic heterocycles. The van der Waals surface area contributed by atoms with E-state index in [1.807, 2.05) is 6.92 Å². The SMILES string of the molecule is CCc1c(C)nc(CC(C)C)nc1Cl. The van der Waals surface area contributed by atoms with Crippen molar-refractivity contribution >= 4 is 11.6 Å². The molecular weight excluding hydrogens is 196 g/mol. The second-order valence-corrected chi connectivity index (χ2v) is 4.30. The highest BCUT2D eigenvalue weighted by molar-refractivity contribution is 6.30. The van der Waals surface area contributed by atoms with Gasteiger partial charge in [0.05, 0.1) is 0 Å². The Morgan fingerprint density at radius 1 is 1.29 bits per heavy atom. The van der Waals surface area contributed by atoms with Crippen molar-refractivity contribution in [2.45, 2.75) is 40.5 Å². The van der Waals surface area contributed by atoms with E-state index in [1.165, 1.54) is 0 Å². The van der Waals surface area contributed by atoms with Crippen LogP contribution in [0.5, 0.6) is 0 Å². The van der Waals surface area contributed by atoms with E-state index in [2.05, 4.69) is 30.7 Å². The van der Waals surface area contributed by atoms with Gasteiger partial charge in [0, 0.05) is 17.7 Å². The molecule has 14 heavy (non-hydrogen) atoms. The van der Waals surface area contributed by atoms with Crippen molar-refractivity contribution in [2.24, 2.45) is 5.92 Å². The van der Waals surface area contributed by atoms with Gasteiger partial charge in [-0.3, -0.25) is 0 Å². The molecule has 0 aromatic carbocycles. The maximum absolute atomic E-state index is 6.07. The molecule has 0 fully saturated rings. The molecule has 78 valence electrons. The number of aryl methyl sites for hydroxylation is 1. The van der Waals surface area contributed by atoms with Crippen molar-refractivity contribution in [1.82, 2.24) is 9.97 Å². The molecule has 0 aliphatic heterocycles. The molecule has 1 aromatic rings. The van der Waals surface area contributed by atoms with Crippen molar-refractivity contribution < 1.29 is 0 Å². The van der Waals surface area contributed by atoms with Crippen LogP contribution in [0, 0.1) is 12.8 Å². The summed E-state index contributed by atoms with van der Waals surface area (Å²) in [6.45, 7) is 8.37. The van der Waals surface area contributed by atoms with Crippen LogP contribution in [0.1, 0.15) is 37.9 Å². The number of aromatic nitrogens is 2. The molecule has 0 atom stereocenters. The lowest BCUT2D eigenvalue weighted by molar-refractivity contribution is 0.617. The van der Waals surface area contributed by atoms with Gasteiger partial charge in [-0.1, -0.05) is 32.4 Å². The van der Waals surface area contributed by atoms with Crippen molar-refractivity contribution in [3.05, 3.63) is 22.2 Å². The minimum atomic E-state index is 0.568. The highest BCUT2D eigenvalue weighted by atomic mass is 35.5. The first-order valence-corrected chi connectivity index (χ1v) is 5.44. The van der Waals surface area contributed by atoms with Gasteiger partial charge >= 0.3 is 0 Å². The fourth-order valence-corrected chi connectivity index (χ4v) is 1.84. The van der Waals surface area contributed by atoms with Gasteiger partial charge < -0.3 is 0 Å². The topological polar surface area (TPSA) is 25.8 Å². The van der Waals surface area contributed by atoms with Crippen LogP contribution in [-0.4, -0.2) is 9.97 Å². The Kier molecular flexibility index (Phi) is 3.87. The highest BCUT2D eigenvalue weighted by Gasteiger charge is 2.09. The maximum atomic E-state index is 6.07. The summed E-state index contributed by atoms with van der Waals surface area (Å²) in [5.41, 5.74) is 2.09. The van der Waals surface area contributed by atoms with E-state index >= 15 is 0 Å². The Morgan fingerprint density at radius 2 is 1.93 bits per heavy atom. The molecule has 0 amide bonds. The summed E-state index contributed by atoms with van der Waals surface area (Å²) in [6, 6.07) is 0. The fourth-order valence-electron chi connectivity index (χ4n) is 1.47. The quantitative estimate of drug-likeness (QED) is 0.720. The van der Waals surface area contributed by atoms with Crippen molar-refractivity contribution in [3.8, 4) is 0 Å². The predicted octanol–water partition coefficient (Wildman–Crippen LogP) is 3.20. The van der Waals surface area contributed by atoms with Crippen LogP contribution in [0.2, 0.25) is 5.15 Å². The summed E-state index contributed by atoms with van der Waals surface area (Å²) in [6.07, 6.45) is 1.79. The smallest absolute Gasteiger partial charge is 0.136 e. The van der Waals surface area contributed by atoms with Crippen LogP contribution in [0.4, 0.5) is 0 Å². The number of rotatable bonds is 3. The molecule has 1 rings (SSSR count). The van der Waals surface area contributed by atoms with E-state index in [1.54, 1.807) is 0 Å². The number of hydrogen-bond acceptors (Lipinski definition) is 2. The molecule has 0 unspecified atom stereocenters. The molecular formula is C11H17ClN2. The highest BCUT2D eigenvalue weighted by Crippen LogP contribution is 2.17. The first-order chi connectivity index (χ1) is 6.54. The van der Waals surface area contributed by atoms with Crippen molar-refractivity contribution in [1.29, 1.82) is 0 Å². The normalized spacial score (nSPS) is 11.0. The zero-order valence-electron chi connectivity index (χ0n) is 9.26. The molecule has 0 N–H and O–H groups in total. The third-order valence-corrected chi connectivity index (χ3v) is 2.47. The Labute approximate surface area is 90.7 Å². The van der Waals surface area contributed by atoms with Gasteiger partial charge in [0.25, 0.3) is 0 Å². The molecule has 0 saturated carbocycles. The predicted molar refractivity (Wildman–Crippen MR) is 59.7 cm³/mol. The second-order valence-electron chi connectivity index (χ2n) is 3.95. The summed E-state index contributed by atoms with van der Waals surface area (Å²) in [5, 5.41) is 0.621. The Bertz CT molecular complexity index is 298. The molecule has 3 heteroatoms. The number of nitrogens with zero attached hydrogens (tertiary/aromatic N) is 2. The van der Waals surface area contributed by atoms with Crippen molar-refractivity contribution in [3.63, 3.8) is 0 Å². The van der Waals surface area contributed by atoms with E-state index in [9.17, 15) is 0 Å². The van der Waals surface area contributed by atoms with Gasteiger partial charge in [-0.15, -0.1) is 0 Å². The molecule has 0 saturated heterocycles. The van der Waals surface area contributed by atoms with E-state index in [0.29, 0.717) is 11.1 Å². The van der Waals surface area contributed by atoms with Gasteiger partial charge in [0.2, 0.25) is 0 Å². The summed E-state index contributed by atoms with van der Waals surface area (Å²) < 4.78 is 0. The molecule has 0 aliphatic rings. The van der Waals surface area contributed by atoms with Crippen LogP contribution < -0.4 is 0 Å². The van der Waals surface area contributed by atoms with Crippen LogP contribution in [0.25, 0.3) is 0 Å². The van der Waals surface area contributed by atoms with Crippen LogP contribution in [0.15, 0.2) is 0 Å². The molecule has 1 heterocycles. The lowest BCUT2D eigenvalue weighted by Crippen LogP contribution is -2.05. The summed E-state index contributed by atoms with van der Waals surface area (Å²) in [7, 11) is 0. The zero-order valence-corrected chi connectivity index (χ0v) is 10.0. The van der Waals surface area contributed by atoms with Gasteiger partial charge in [0.15, 0.2) is 0 Å². The lowest BCUT2D eigenvalue weighted by atomic mass is 10.1. The fraction of sp³-hybridized carbons (Fsp3) is 0.636. The maximum Gasteiger partial charge on any atom is 0.136 e. The lowest BCUT2D eigenvalue weighted by Gasteiger charge is -2.08. The van der Waals surface area contributed by atoms with E-state index < -0.39 is 0 Å². The minimum Gasteiger partial charge on any atom is -0.238 e. The molecule has 0 spiro atoms. The first-order valence-electron chi connectivity index (χ1n) is 5.06. The molecule has 0 radical (unpaired) electrons. The van der Waals surface area contributed by atoms with Gasteiger partial charge in [-0.2, -0.15) is 0 Å². The molecule has 2 nitrogen and oxygen atoms in total. The third-order valence-electron chi connectivity index (χ3n) is 2.15. The average Bonchev–Trinajstić information content (AvgIpc) is 2.01. The monoisotopic (exact) mass is 212 g/mol.